The van der Waals surface area contributed by atoms with E-state index in [1.165, 1.54) is 167 Å². The molecule has 0 amide bonds. The number of hydrogen-bond donors (Lipinski definition) is 0. The van der Waals surface area contributed by atoms with E-state index >= 15 is 0 Å². The Balaban J connectivity index is 4.36. The van der Waals surface area contributed by atoms with Crippen molar-refractivity contribution in [3.63, 3.8) is 0 Å². The summed E-state index contributed by atoms with van der Waals surface area (Å²) in [5, 5.41) is 0. The number of carbonyl (C=O) groups excluding carboxylic acids is 3. The van der Waals surface area contributed by atoms with Gasteiger partial charge in [0.15, 0.2) is 6.10 Å². The molecule has 0 heterocycles. The fraction of sp³-hybridized carbons (Fsp3) is 0.724. The fourth-order valence-corrected chi connectivity index (χ4v) is 9.88. The van der Waals surface area contributed by atoms with Crippen LogP contribution in [0.1, 0.15) is 335 Å². The van der Waals surface area contributed by atoms with Crippen molar-refractivity contribution in [2.75, 3.05) is 13.2 Å². The first-order valence-corrected chi connectivity index (χ1v) is 34.9. The molecule has 0 aliphatic rings. The van der Waals surface area contributed by atoms with Gasteiger partial charge in [0.05, 0.1) is 0 Å². The van der Waals surface area contributed by atoms with Crippen molar-refractivity contribution < 1.29 is 28.6 Å². The predicted octanol–water partition coefficient (Wildman–Crippen LogP) is 24.2. The maximum absolute atomic E-state index is 13.0. The van der Waals surface area contributed by atoms with Gasteiger partial charge in [0.1, 0.15) is 13.2 Å². The number of hydrogen-bond acceptors (Lipinski definition) is 6. The minimum Gasteiger partial charge on any atom is -0.462 e. The first kappa shape index (κ1) is 78.1. The molecule has 0 spiro atoms. The molecule has 0 rings (SSSR count). The van der Waals surface area contributed by atoms with Gasteiger partial charge in [-0.25, -0.2) is 0 Å². The van der Waals surface area contributed by atoms with Crippen molar-refractivity contribution in [3.05, 3.63) is 109 Å². The molecule has 6 nitrogen and oxygen atoms in total. The van der Waals surface area contributed by atoms with Gasteiger partial charge in [-0.05, 0) is 103 Å². The summed E-state index contributed by atoms with van der Waals surface area (Å²) < 4.78 is 17.0. The molecule has 0 saturated heterocycles. The molecule has 0 aliphatic heterocycles. The van der Waals surface area contributed by atoms with Gasteiger partial charge in [0.25, 0.3) is 0 Å². The minimum atomic E-state index is -0.789. The van der Waals surface area contributed by atoms with Gasteiger partial charge in [0.2, 0.25) is 0 Å². The number of ether oxygens (including phenoxy) is 3. The van der Waals surface area contributed by atoms with Crippen LogP contribution in [0.15, 0.2) is 109 Å². The normalized spacial score (nSPS) is 12.8. The average molecular weight is 1140 g/mol. The van der Waals surface area contributed by atoms with Gasteiger partial charge < -0.3 is 14.2 Å². The van der Waals surface area contributed by atoms with Gasteiger partial charge in [0, 0.05) is 19.3 Å². The molecule has 6 heteroatoms. The highest BCUT2D eigenvalue weighted by molar-refractivity contribution is 5.71. The fourth-order valence-electron chi connectivity index (χ4n) is 9.88. The lowest BCUT2D eigenvalue weighted by molar-refractivity contribution is -0.167. The van der Waals surface area contributed by atoms with E-state index in [1.807, 2.05) is 0 Å². The van der Waals surface area contributed by atoms with Gasteiger partial charge in [-0.1, -0.05) is 323 Å². The van der Waals surface area contributed by atoms with E-state index in [0.717, 1.165) is 128 Å². The van der Waals surface area contributed by atoms with Crippen molar-refractivity contribution in [2.45, 2.75) is 341 Å². The monoisotopic (exact) mass is 1140 g/mol. The molecular formula is C76H130O6. The lowest BCUT2D eigenvalue weighted by Gasteiger charge is -2.18. The Labute approximate surface area is 508 Å². The third kappa shape index (κ3) is 66.9. The molecule has 0 bridgehead atoms. The average Bonchev–Trinajstić information content (AvgIpc) is 3.47. The van der Waals surface area contributed by atoms with Crippen LogP contribution in [0.3, 0.4) is 0 Å². The predicted molar refractivity (Wildman–Crippen MR) is 357 cm³/mol. The molecule has 1 unspecified atom stereocenters. The molecule has 82 heavy (non-hydrogen) atoms. The van der Waals surface area contributed by atoms with Crippen LogP contribution in [0.25, 0.3) is 0 Å². The Morgan fingerprint density at radius 1 is 0.256 bits per heavy atom. The van der Waals surface area contributed by atoms with E-state index in [-0.39, 0.29) is 31.1 Å². The Morgan fingerprint density at radius 2 is 0.476 bits per heavy atom. The van der Waals surface area contributed by atoms with Crippen LogP contribution in [-0.4, -0.2) is 37.2 Å². The Hall–Kier alpha value is -3.93. The minimum absolute atomic E-state index is 0.0821. The third-order valence-corrected chi connectivity index (χ3v) is 15.0. The first-order valence-electron chi connectivity index (χ1n) is 34.9. The number of esters is 3. The topological polar surface area (TPSA) is 78.9 Å². The Morgan fingerprint density at radius 3 is 0.744 bits per heavy atom. The highest BCUT2D eigenvalue weighted by atomic mass is 16.6. The van der Waals surface area contributed by atoms with Crippen LogP contribution in [0.2, 0.25) is 0 Å². The Kier molecular flexibility index (Phi) is 66.2. The number of unbranched alkanes of at least 4 members (excludes halogenated alkanes) is 34. The molecular weight excluding hydrogens is 1010 g/mol. The molecule has 1 atom stereocenters. The second-order valence-electron chi connectivity index (χ2n) is 23.0. The Bertz CT molecular complexity index is 1640. The summed E-state index contributed by atoms with van der Waals surface area (Å²) in [5.74, 6) is -0.884. The van der Waals surface area contributed by atoms with Crippen molar-refractivity contribution in [3.8, 4) is 0 Å². The zero-order valence-electron chi connectivity index (χ0n) is 54.0. The highest BCUT2D eigenvalue weighted by Crippen LogP contribution is 2.17. The number of allylic oxidation sites excluding steroid dienone is 18. The van der Waals surface area contributed by atoms with Crippen molar-refractivity contribution in [2.24, 2.45) is 0 Å². The molecule has 470 valence electrons. The number of carbonyl (C=O) groups is 3. The smallest absolute Gasteiger partial charge is 0.306 e. The van der Waals surface area contributed by atoms with Crippen LogP contribution in [0, 0.1) is 0 Å². The highest BCUT2D eigenvalue weighted by Gasteiger charge is 2.19. The number of rotatable bonds is 63. The van der Waals surface area contributed by atoms with E-state index in [2.05, 4.69) is 130 Å². The molecule has 0 aromatic rings. The maximum Gasteiger partial charge on any atom is 0.306 e. The summed E-state index contributed by atoms with van der Waals surface area (Å²) in [6.45, 7) is 6.44. The second-order valence-corrected chi connectivity index (χ2v) is 23.0. The van der Waals surface area contributed by atoms with Crippen LogP contribution in [0.4, 0.5) is 0 Å². The summed E-state index contributed by atoms with van der Waals surface area (Å²) in [6, 6.07) is 0. The molecule has 0 N–H and O–H groups in total. The van der Waals surface area contributed by atoms with Crippen LogP contribution in [0.5, 0.6) is 0 Å². The zero-order chi connectivity index (χ0) is 59.2. The molecule has 0 aromatic carbocycles. The van der Waals surface area contributed by atoms with Crippen LogP contribution < -0.4 is 0 Å². The van der Waals surface area contributed by atoms with Gasteiger partial charge in [-0.2, -0.15) is 0 Å². The van der Waals surface area contributed by atoms with Crippen molar-refractivity contribution >= 4 is 17.9 Å². The van der Waals surface area contributed by atoms with Crippen molar-refractivity contribution in [1.82, 2.24) is 0 Å². The van der Waals surface area contributed by atoms with Gasteiger partial charge >= 0.3 is 17.9 Å². The summed E-state index contributed by atoms with van der Waals surface area (Å²) in [5.41, 5.74) is 0. The van der Waals surface area contributed by atoms with Crippen LogP contribution >= 0.6 is 0 Å². The third-order valence-electron chi connectivity index (χ3n) is 15.0. The molecule has 0 radical (unpaired) electrons. The lowest BCUT2D eigenvalue weighted by atomic mass is 10.0. The quantitative estimate of drug-likeness (QED) is 0.0261. The largest absolute Gasteiger partial charge is 0.462 e. The first-order chi connectivity index (χ1) is 40.5. The lowest BCUT2D eigenvalue weighted by Crippen LogP contribution is -2.30. The van der Waals surface area contributed by atoms with E-state index < -0.39 is 6.10 Å². The zero-order valence-corrected chi connectivity index (χ0v) is 54.0. The molecule has 0 aromatic heterocycles. The van der Waals surface area contributed by atoms with E-state index in [4.69, 9.17) is 14.2 Å². The second kappa shape index (κ2) is 69.6. The molecule has 0 fully saturated rings. The standard InChI is InChI=1S/C76H130O6/c1-4-7-10-13-16-19-22-25-28-31-34-35-36-37-38-39-40-41-43-45-48-51-54-57-60-63-66-69-75(78)81-72-73(71-80-74(77)68-65-62-59-56-53-50-47-44-33-30-27-24-21-18-15-12-9-6-3)82-76(79)70-67-64-61-58-55-52-49-46-42-32-29-26-23-20-17-14-11-8-5-2/h7-8,10-11,16-17,19-20,25-26,28-29,34-35,37-38,42,46,73H,4-6,9,12-15,18,21-24,27,30-33,36,39-41,43-45,47-72H2,1-3H3/b10-7-,11-8-,19-16-,20-17-,28-25-,29-26-,35-34-,38-37-,46-42-. The molecule has 0 aliphatic carbocycles. The van der Waals surface area contributed by atoms with Crippen molar-refractivity contribution in [1.29, 1.82) is 0 Å². The van der Waals surface area contributed by atoms with E-state index in [0.29, 0.717) is 19.3 Å². The molecule has 0 saturated carbocycles. The van der Waals surface area contributed by atoms with Crippen LogP contribution in [-0.2, 0) is 28.6 Å². The van der Waals surface area contributed by atoms with Gasteiger partial charge in [-0.3, -0.25) is 14.4 Å². The van der Waals surface area contributed by atoms with Gasteiger partial charge in [-0.15, -0.1) is 0 Å². The summed E-state index contributed by atoms with van der Waals surface area (Å²) in [4.78, 5) is 38.5. The SMILES string of the molecule is CC/C=C\C/C=C\C/C=C\C/C=C\C/C=C\CCCCCCCCCCCCCC(=O)OCC(COC(=O)CCCCCCCCCCCCCCCCCCCC)OC(=O)CCCCCCCC/C=C\C/C=C\C/C=C\C/C=C\CC. The van der Waals surface area contributed by atoms with E-state index in [1.54, 1.807) is 0 Å². The summed E-state index contributed by atoms with van der Waals surface area (Å²) >= 11 is 0. The summed E-state index contributed by atoms with van der Waals surface area (Å²) in [6.07, 6.45) is 95.3. The van der Waals surface area contributed by atoms with E-state index in [9.17, 15) is 14.4 Å². The summed E-state index contributed by atoms with van der Waals surface area (Å²) in [7, 11) is 0. The maximum atomic E-state index is 13.0.